The zero-order valence-corrected chi connectivity index (χ0v) is 8.44. The van der Waals surface area contributed by atoms with Gasteiger partial charge < -0.3 is 11.1 Å². The van der Waals surface area contributed by atoms with E-state index in [0.29, 0.717) is 5.57 Å². The molecule has 0 unspecified atom stereocenters. The smallest absolute Gasteiger partial charge is 0.244 e. The van der Waals surface area contributed by atoms with Gasteiger partial charge in [0.15, 0.2) is 0 Å². The van der Waals surface area contributed by atoms with Gasteiger partial charge in [-0.1, -0.05) is 13.5 Å². The highest BCUT2D eigenvalue weighted by molar-refractivity contribution is 5.91. The van der Waals surface area contributed by atoms with Crippen LogP contribution in [0.2, 0.25) is 0 Å². The highest BCUT2D eigenvalue weighted by Gasteiger charge is 1.99. The summed E-state index contributed by atoms with van der Waals surface area (Å²) in [5.41, 5.74) is 5.58. The van der Waals surface area contributed by atoms with Gasteiger partial charge in [-0.25, -0.2) is 0 Å². The fraction of sp³-hybridized carbons (Fsp3) is 0.700. The van der Waals surface area contributed by atoms with E-state index < -0.39 is 0 Å². The molecule has 0 aromatic carbocycles. The Morgan fingerprint density at radius 3 is 2.62 bits per heavy atom. The zero-order valence-electron chi connectivity index (χ0n) is 8.44. The van der Waals surface area contributed by atoms with Crippen LogP contribution in [0, 0.1) is 0 Å². The van der Waals surface area contributed by atoms with Gasteiger partial charge in [0.2, 0.25) is 5.91 Å². The summed E-state index contributed by atoms with van der Waals surface area (Å²) in [6.45, 7) is 7.81. The summed E-state index contributed by atoms with van der Waals surface area (Å²) in [6.07, 6.45) is 3.95. The fourth-order valence-electron chi connectivity index (χ4n) is 1.01. The highest BCUT2D eigenvalue weighted by Crippen LogP contribution is 2.03. The Balaban J connectivity index is 3.16. The van der Waals surface area contributed by atoms with Crippen molar-refractivity contribution in [1.82, 2.24) is 5.32 Å². The van der Waals surface area contributed by atoms with Crippen molar-refractivity contribution >= 4 is 5.91 Å². The molecule has 0 aliphatic rings. The number of hydrogen-bond acceptors (Lipinski definition) is 2. The van der Waals surface area contributed by atoms with Crippen LogP contribution < -0.4 is 11.1 Å². The van der Waals surface area contributed by atoms with Gasteiger partial charge >= 0.3 is 0 Å². The van der Waals surface area contributed by atoms with Crippen molar-refractivity contribution < 1.29 is 4.79 Å². The maximum atomic E-state index is 10.6. The average molecular weight is 184 g/mol. The van der Waals surface area contributed by atoms with Crippen LogP contribution in [-0.2, 0) is 4.79 Å². The van der Waals surface area contributed by atoms with E-state index in [1.54, 1.807) is 0 Å². The number of carbonyl (C=O) groups excluding carboxylic acids is 1. The fourth-order valence-corrected chi connectivity index (χ4v) is 1.01. The standard InChI is InChI=1S/C10H20N2O/c1-3-7-12-8-5-4-6-9(2)10(11)13/h12H,2-8H2,1H3,(H2,11,13). The Morgan fingerprint density at radius 2 is 2.08 bits per heavy atom. The minimum Gasteiger partial charge on any atom is -0.366 e. The maximum Gasteiger partial charge on any atom is 0.244 e. The van der Waals surface area contributed by atoms with Crippen LogP contribution in [0.3, 0.4) is 0 Å². The van der Waals surface area contributed by atoms with Crippen LogP contribution in [0.25, 0.3) is 0 Å². The lowest BCUT2D eigenvalue weighted by molar-refractivity contribution is -0.114. The Kier molecular flexibility index (Phi) is 7.30. The molecule has 0 atom stereocenters. The SMILES string of the molecule is C=C(CCCCNCCC)C(N)=O. The van der Waals surface area contributed by atoms with Crippen molar-refractivity contribution in [3.8, 4) is 0 Å². The van der Waals surface area contributed by atoms with Crippen molar-refractivity contribution in [3.05, 3.63) is 12.2 Å². The first-order chi connectivity index (χ1) is 6.18. The number of nitrogens with two attached hydrogens (primary N) is 1. The molecule has 0 aromatic rings. The predicted molar refractivity (Wildman–Crippen MR) is 55.3 cm³/mol. The molecule has 0 rings (SSSR count). The molecular weight excluding hydrogens is 164 g/mol. The third kappa shape index (κ3) is 7.53. The van der Waals surface area contributed by atoms with E-state index in [-0.39, 0.29) is 5.91 Å². The molecule has 13 heavy (non-hydrogen) atoms. The topological polar surface area (TPSA) is 55.1 Å². The van der Waals surface area contributed by atoms with Crippen molar-refractivity contribution in [2.45, 2.75) is 32.6 Å². The molecule has 3 N–H and O–H groups in total. The lowest BCUT2D eigenvalue weighted by atomic mass is 10.1. The van der Waals surface area contributed by atoms with Crippen molar-refractivity contribution in [3.63, 3.8) is 0 Å². The molecule has 0 aliphatic carbocycles. The molecule has 0 aromatic heterocycles. The minimum absolute atomic E-state index is 0.374. The summed E-state index contributed by atoms with van der Waals surface area (Å²) >= 11 is 0. The van der Waals surface area contributed by atoms with Gasteiger partial charge in [-0.3, -0.25) is 4.79 Å². The Hall–Kier alpha value is -0.830. The number of primary amides is 1. The lowest BCUT2D eigenvalue weighted by Gasteiger charge is -2.03. The molecular formula is C10H20N2O. The number of unbranched alkanes of at least 4 members (excludes halogenated alkanes) is 1. The molecule has 3 nitrogen and oxygen atoms in total. The van der Waals surface area contributed by atoms with Gasteiger partial charge in [0.25, 0.3) is 0 Å². The third-order valence-electron chi connectivity index (χ3n) is 1.86. The summed E-state index contributed by atoms with van der Waals surface area (Å²) in [5.74, 6) is -0.374. The predicted octanol–water partition coefficient (Wildman–Crippen LogP) is 1.20. The summed E-state index contributed by atoms with van der Waals surface area (Å²) in [5, 5.41) is 3.29. The molecule has 0 saturated heterocycles. The van der Waals surface area contributed by atoms with E-state index in [0.717, 1.165) is 38.8 Å². The lowest BCUT2D eigenvalue weighted by Crippen LogP contribution is -2.16. The molecule has 1 amide bonds. The monoisotopic (exact) mass is 184 g/mol. The molecule has 0 aliphatic heterocycles. The van der Waals surface area contributed by atoms with E-state index in [4.69, 9.17) is 5.73 Å². The molecule has 0 saturated carbocycles. The molecule has 76 valence electrons. The van der Waals surface area contributed by atoms with Crippen LogP contribution in [-0.4, -0.2) is 19.0 Å². The minimum atomic E-state index is -0.374. The number of hydrogen-bond donors (Lipinski definition) is 2. The summed E-state index contributed by atoms with van der Waals surface area (Å²) in [4.78, 5) is 10.6. The maximum absolute atomic E-state index is 10.6. The first-order valence-electron chi connectivity index (χ1n) is 4.86. The van der Waals surface area contributed by atoms with Gasteiger partial charge in [-0.15, -0.1) is 0 Å². The van der Waals surface area contributed by atoms with Gasteiger partial charge in [-0.05, 0) is 38.8 Å². The molecule has 0 radical (unpaired) electrons. The third-order valence-corrected chi connectivity index (χ3v) is 1.86. The first kappa shape index (κ1) is 12.2. The van der Waals surface area contributed by atoms with Crippen LogP contribution >= 0.6 is 0 Å². The van der Waals surface area contributed by atoms with Gasteiger partial charge in [0.1, 0.15) is 0 Å². The van der Waals surface area contributed by atoms with Gasteiger partial charge in [0.05, 0.1) is 0 Å². The second-order valence-corrected chi connectivity index (χ2v) is 3.17. The van der Waals surface area contributed by atoms with Crippen LogP contribution in [0.4, 0.5) is 0 Å². The molecule has 3 heteroatoms. The zero-order chi connectivity index (χ0) is 10.1. The van der Waals surface area contributed by atoms with Crippen molar-refractivity contribution in [1.29, 1.82) is 0 Å². The number of rotatable bonds is 8. The van der Waals surface area contributed by atoms with E-state index in [2.05, 4.69) is 18.8 Å². The Labute approximate surface area is 80.4 Å². The normalized spacial score (nSPS) is 9.92. The van der Waals surface area contributed by atoms with Crippen LogP contribution in [0.15, 0.2) is 12.2 Å². The van der Waals surface area contributed by atoms with Crippen molar-refractivity contribution in [2.75, 3.05) is 13.1 Å². The molecule has 0 fully saturated rings. The van der Waals surface area contributed by atoms with Crippen LogP contribution in [0.1, 0.15) is 32.6 Å². The molecule has 0 spiro atoms. The van der Waals surface area contributed by atoms with E-state index in [1.165, 1.54) is 0 Å². The second kappa shape index (κ2) is 7.80. The summed E-state index contributed by atoms with van der Waals surface area (Å²) in [6, 6.07) is 0. The molecule has 0 heterocycles. The quantitative estimate of drug-likeness (QED) is 0.440. The molecule has 0 bridgehead atoms. The average Bonchev–Trinajstić information content (AvgIpc) is 2.10. The van der Waals surface area contributed by atoms with E-state index >= 15 is 0 Å². The van der Waals surface area contributed by atoms with Crippen molar-refractivity contribution in [2.24, 2.45) is 5.73 Å². The van der Waals surface area contributed by atoms with Gasteiger partial charge in [-0.2, -0.15) is 0 Å². The first-order valence-corrected chi connectivity index (χ1v) is 4.86. The Bertz CT molecular complexity index is 166. The van der Waals surface area contributed by atoms with E-state index in [1.807, 2.05) is 0 Å². The summed E-state index contributed by atoms with van der Waals surface area (Å²) in [7, 11) is 0. The number of amides is 1. The number of carbonyl (C=O) groups is 1. The highest BCUT2D eigenvalue weighted by atomic mass is 16.1. The van der Waals surface area contributed by atoms with Gasteiger partial charge in [0, 0.05) is 5.57 Å². The number of nitrogens with one attached hydrogen (secondary N) is 1. The van der Waals surface area contributed by atoms with E-state index in [9.17, 15) is 4.79 Å². The largest absolute Gasteiger partial charge is 0.366 e. The summed E-state index contributed by atoms with van der Waals surface area (Å²) < 4.78 is 0. The second-order valence-electron chi connectivity index (χ2n) is 3.17. The Morgan fingerprint density at radius 1 is 1.38 bits per heavy atom. The van der Waals surface area contributed by atoms with Crippen LogP contribution in [0.5, 0.6) is 0 Å².